The van der Waals surface area contributed by atoms with Gasteiger partial charge in [-0.3, -0.25) is 4.79 Å². The maximum absolute atomic E-state index is 12.7. The maximum atomic E-state index is 12.7. The zero-order valence-corrected chi connectivity index (χ0v) is 13.3. The number of rotatable bonds is 5. The molecular formula is C15H24ClN3O. The van der Waals surface area contributed by atoms with Crippen molar-refractivity contribution >= 4 is 17.5 Å². The lowest BCUT2D eigenvalue weighted by atomic mass is 10.2. The first-order valence-electron chi connectivity index (χ1n) is 7.43. The molecule has 1 atom stereocenters. The van der Waals surface area contributed by atoms with Gasteiger partial charge < -0.3 is 14.8 Å². The van der Waals surface area contributed by atoms with Crippen molar-refractivity contribution in [1.29, 1.82) is 0 Å². The smallest absolute Gasteiger partial charge is 0.270 e. The maximum Gasteiger partial charge on any atom is 0.270 e. The van der Waals surface area contributed by atoms with Gasteiger partial charge in [0, 0.05) is 31.4 Å². The first-order chi connectivity index (χ1) is 9.52. The van der Waals surface area contributed by atoms with Gasteiger partial charge in [0.15, 0.2) is 0 Å². The summed E-state index contributed by atoms with van der Waals surface area (Å²) in [5.41, 5.74) is 0.685. The van der Waals surface area contributed by atoms with Gasteiger partial charge in [-0.2, -0.15) is 0 Å². The fourth-order valence-corrected chi connectivity index (χ4v) is 2.95. The number of nitrogens with zero attached hydrogens (tertiary/aromatic N) is 2. The van der Waals surface area contributed by atoms with E-state index in [2.05, 4.69) is 19.2 Å². The molecule has 0 aliphatic carbocycles. The second-order valence-electron chi connectivity index (χ2n) is 5.68. The average molecular weight is 298 g/mol. The minimum absolute atomic E-state index is 0.0711. The van der Waals surface area contributed by atoms with Crippen LogP contribution in [0.2, 0.25) is 5.02 Å². The average Bonchev–Trinajstić information content (AvgIpc) is 3.04. The van der Waals surface area contributed by atoms with E-state index in [-0.39, 0.29) is 11.9 Å². The zero-order chi connectivity index (χ0) is 14.7. The number of hydrogen-bond acceptors (Lipinski definition) is 2. The highest BCUT2D eigenvalue weighted by molar-refractivity contribution is 6.31. The normalized spacial score (nSPS) is 18.8. The van der Waals surface area contributed by atoms with E-state index >= 15 is 0 Å². The first-order valence-corrected chi connectivity index (χ1v) is 7.80. The van der Waals surface area contributed by atoms with Gasteiger partial charge in [0.25, 0.3) is 5.91 Å². The zero-order valence-electron chi connectivity index (χ0n) is 12.5. The molecule has 0 aromatic carbocycles. The fourth-order valence-electron chi connectivity index (χ4n) is 2.74. The second-order valence-corrected chi connectivity index (χ2v) is 6.12. The van der Waals surface area contributed by atoms with Crippen LogP contribution in [0.5, 0.6) is 0 Å². The van der Waals surface area contributed by atoms with E-state index in [0.29, 0.717) is 16.8 Å². The molecular weight excluding hydrogens is 274 g/mol. The van der Waals surface area contributed by atoms with Crippen LogP contribution < -0.4 is 5.32 Å². The molecule has 0 spiro atoms. The number of nitrogens with one attached hydrogen (secondary N) is 1. The Morgan fingerprint density at radius 3 is 2.90 bits per heavy atom. The molecule has 4 nitrogen and oxygen atoms in total. The highest BCUT2D eigenvalue weighted by Gasteiger charge is 2.24. The van der Waals surface area contributed by atoms with Crippen LogP contribution in [0.4, 0.5) is 0 Å². The number of carbonyl (C=O) groups is 1. The molecule has 1 N–H and O–H groups in total. The van der Waals surface area contributed by atoms with Gasteiger partial charge in [-0.05, 0) is 46.2 Å². The molecule has 1 aromatic rings. The molecule has 2 rings (SSSR count). The quantitative estimate of drug-likeness (QED) is 0.907. The van der Waals surface area contributed by atoms with Crippen molar-refractivity contribution in [2.45, 2.75) is 45.7 Å². The van der Waals surface area contributed by atoms with Crippen molar-refractivity contribution in [2.24, 2.45) is 0 Å². The monoisotopic (exact) mass is 297 g/mol. The summed E-state index contributed by atoms with van der Waals surface area (Å²) in [7, 11) is 0. The number of likely N-dealkylation sites (N-methyl/N-ethyl adjacent to an activating group) is 1. The Morgan fingerprint density at radius 2 is 2.35 bits per heavy atom. The summed E-state index contributed by atoms with van der Waals surface area (Å²) in [5.74, 6) is 0.0711. The summed E-state index contributed by atoms with van der Waals surface area (Å²) in [4.78, 5) is 14.6. The van der Waals surface area contributed by atoms with Crippen LogP contribution in [0.1, 0.15) is 50.1 Å². The van der Waals surface area contributed by atoms with E-state index in [4.69, 9.17) is 11.6 Å². The molecule has 0 radical (unpaired) electrons. The Labute approximate surface area is 126 Å². The third-order valence-corrected chi connectivity index (χ3v) is 4.07. The Kier molecular flexibility index (Phi) is 5.11. The predicted octanol–water partition coefficient (Wildman–Crippen LogP) is 2.94. The summed E-state index contributed by atoms with van der Waals surface area (Å²) in [6.07, 6.45) is 4.18. The number of hydrogen-bond donors (Lipinski definition) is 1. The first kappa shape index (κ1) is 15.4. The minimum Gasteiger partial charge on any atom is -0.339 e. The molecule has 1 unspecified atom stereocenters. The lowest BCUT2D eigenvalue weighted by Gasteiger charge is -2.25. The van der Waals surface area contributed by atoms with E-state index in [1.165, 1.54) is 6.42 Å². The molecule has 0 saturated carbocycles. The van der Waals surface area contributed by atoms with E-state index in [0.717, 1.165) is 26.1 Å². The third kappa shape index (κ3) is 3.36. The summed E-state index contributed by atoms with van der Waals surface area (Å²) >= 11 is 6.07. The molecule has 1 aromatic heterocycles. The Hall–Kier alpha value is -1.00. The van der Waals surface area contributed by atoms with Crippen LogP contribution >= 0.6 is 11.6 Å². The second kappa shape index (κ2) is 6.64. The lowest BCUT2D eigenvalue weighted by Crippen LogP contribution is -2.41. The number of halogens is 1. The molecule has 2 heterocycles. The van der Waals surface area contributed by atoms with Crippen molar-refractivity contribution in [2.75, 3.05) is 19.6 Å². The fraction of sp³-hybridized carbons (Fsp3) is 0.667. The van der Waals surface area contributed by atoms with Crippen LogP contribution in [-0.2, 0) is 0 Å². The van der Waals surface area contributed by atoms with Gasteiger partial charge in [-0.15, -0.1) is 0 Å². The summed E-state index contributed by atoms with van der Waals surface area (Å²) in [5, 5.41) is 4.07. The third-order valence-electron chi connectivity index (χ3n) is 3.86. The standard InChI is InChI=1S/C15H24ClN3O/c1-4-18(10-13-6-5-7-17-13)15(20)14-8-12(16)9-19(14)11(2)3/h8-9,11,13,17H,4-7,10H2,1-3H3. The van der Waals surface area contributed by atoms with E-state index < -0.39 is 0 Å². The molecule has 112 valence electrons. The van der Waals surface area contributed by atoms with E-state index in [9.17, 15) is 4.79 Å². The van der Waals surface area contributed by atoms with Crippen molar-refractivity contribution < 1.29 is 4.79 Å². The van der Waals surface area contributed by atoms with Gasteiger partial charge >= 0.3 is 0 Å². The molecule has 20 heavy (non-hydrogen) atoms. The molecule has 1 saturated heterocycles. The minimum atomic E-state index is 0.0711. The summed E-state index contributed by atoms with van der Waals surface area (Å²) in [6, 6.07) is 2.43. The van der Waals surface area contributed by atoms with Gasteiger partial charge in [0.2, 0.25) is 0 Å². The predicted molar refractivity (Wildman–Crippen MR) is 82.4 cm³/mol. The van der Waals surface area contributed by atoms with Crippen LogP contribution in [-0.4, -0.2) is 41.1 Å². The summed E-state index contributed by atoms with van der Waals surface area (Å²) < 4.78 is 1.95. The number of amides is 1. The van der Waals surface area contributed by atoms with Gasteiger partial charge in [0.05, 0.1) is 5.02 Å². The van der Waals surface area contributed by atoms with Crippen LogP contribution in [0.3, 0.4) is 0 Å². The molecule has 5 heteroatoms. The molecule has 1 aliphatic rings. The molecule has 0 bridgehead atoms. The summed E-state index contributed by atoms with van der Waals surface area (Å²) in [6.45, 7) is 8.69. The largest absolute Gasteiger partial charge is 0.339 e. The Bertz CT molecular complexity index is 464. The van der Waals surface area contributed by atoms with Crippen LogP contribution in [0.15, 0.2) is 12.3 Å². The van der Waals surface area contributed by atoms with Gasteiger partial charge in [0.1, 0.15) is 5.69 Å². The van der Waals surface area contributed by atoms with E-state index in [1.807, 2.05) is 22.6 Å². The van der Waals surface area contributed by atoms with Crippen molar-refractivity contribution in [3.8, 4) is 0 Å². The van der Waals surface area contributed by atoms with Gasteiger partial charge in [-0.25, -0.2) is 0 Å². The van der Waals surface area contributed by atoms with Crippen LogP contribution in [0.25, 0.3) is 0 Å². The van der Waals surface area contributed by atoms with E-state index in [1.54, 1.807) is 6.07 Å². The van der Waals surface area contributed by atoms with Crippen molar-refractivity contribution in [3.05, 3.63) is 23.0 Å². The van der Waals surface area contributed by atoms with Gasteiger partial charge in [-0.1, -0.05) is 11.6 Å². The molecule has 1 aliphatic heterocycles. The van der Waals surface area contributed by atoms with Crippen molar-refractivity contribution in [1.82, 2.24) is 14.8 Å². The lowest BCUT2D eigenvalue weighted by molar-refractivity contribution is 0.0739. The number of carbonyl (C=O) groups excluding carboxylic acids is 1. The number of aromatic nitrogens is 1. The van der Waals surface area contributed by atoms with Crippen molar-refractivity contribution in [3.63, 3.8) is 0 Å². The molecule has 1 amide bonds. The highest BCUT2D eigenvalue weighted by Crippen LogP contribution is 2.21. The SMILES string of the molecule is CCN(CC1CCCN1)C(=O)c1cc(Cl)cn1C(C)C. The Morgan fingerprint density at radius 1 is 1.60 bits per heavy atom. The Balaban J connectivity index is 2.15. The molecule has 1 fully saturated rings. The van der Waals surface area contributed by atoms with Crippen LogP contribution in [0, 0.1) is 0 Å². The topological polar surface area (TPSA) is 37.3 Å². The highest BCUT2D eigenvalue weighted by atomic mass is 35.5.